The van der Waals surface area contributed by atoms with E-state index in [1.54, 1.807) is 11.1 Å². The molecule has 0 aliphatic heterocycles. The molecule has 28 heavy (non-hydrogen) atoms. The van der Waals surface area contributed by atoms with Crippen LogP contribution in [0.4, 0.5) is 0 Å². The van der Waals surface area contributed by atoms with Crippen molar-refractivity contribution < 1.29 is 0 Å². The van der Waals surface area contributed by atoms with Crippen LogP contribution in [0.1, 0.15) is 135 Å². The van der Waals surface area contributed by atoms with E-state index in [0.717, 1.165) is 0 Å². The molecular weight excluding hydrogens is 336 g/mol. The molecule has 0 amide bonds. The largest absolute Gasteiger partial charge is 0.0884 e. The van der Waals surface area contributed by atoms with Gasteiger partial charge < -0.3 is 0 Å². The van der Waals surface area contributed by atoms with Gasteiger partial charge in [-0.15, -0.1) is 0 Å². The maximum absolute atomic E-state index is 2.48. The van der Waals surface area contributed by atoms with Crippen LogP contribution in [0.2, 0.25) is 0 Å². The van der Waals surface area contributed by atoms with Crippen molar-refractivity contribution in [2.24, 2.45) is 21.7 Å². The zero-order chi connectivity index (χ0) is 22.8. The van der Waals surface area contributed by atoms with Gasteiger partial charge in [0, 0.05) is 0 Å². The number of allylic oxidation sites excluding steroid dienone is 4. The number of hydrogen-bond acceptors (Lipinski definition) is 0. The van der Waals surface area contributed by atoms with Crippen LogP contribution in [-0.2, 0) is 0 Å². The summed E-state index contributed by atoms with van der Waals surface area (Å²) in [4.78, 5) is 0. The first kappa shape index (κ1) is 29.7. The van der Waals surface area contributed by atoms with Gasteiger partial charge >= 0.3 is 0 Å². The summed E-state index contributed by atoms with van der Waals surface area (Å²) in [5, 5.41) is 0. The highest BCUT2D eigenvalue weighted by Crippen LogP contribution is 2.38. The summed E-state index contributed by atoms with van der Waals surface area (Å²) in [5.41, 5.74) is 4.84. The molecule has 168 valence electrons. The average molecular weight is 393 g/mol. The van der Waals surface area contributed by atoms with Crippen molar-refractivity contribution >= 4 is 0 Å². The van der Waals surface area contributed by atoms with Gasteiger partial charge in [-0.1, -0.05) is 113 Å². The molecule has 0 nitrogen and oxygen atoms in total. The summed E-state index contributed by atoms with van der Waals surface area (Å²) in [6, 6.07) is 0. The molecule has 0 aliphatic carbocycles. The van der Waals surface area contributed by atoms with Crippen LogP contribution in [-0.4, -0.2) is 0 Å². The second-order valence-corrected chi connectivity index (χ2v) is 12.6. The standard InChI is InChI=1S/2C14H28/c2*1-8-12(9-2)10-14(6,7)11-13(3,4)5/h10H,8-9,11H2,1-7H3;8H,9-11H2,1-7H3. The molecule has 0 atom stereocenters. The summed E-state index contributed by atoms with van der Waals surface area (Å²) >= 11 is 0. The van der Waals surface area contributed by atoms with Gasteiger partial charge in [0.05, 0.1) is 0 Å². The Morgan fingerprint density at radius 3 is 1.29 bits per heavy atom. The average Bonchev–Trinajstić information content (AvgIpc) is 2.46. The first-order valence-electron chi connectivity index (χ1n) is 11.7. The molecule has 0 bridgehead atoms. The molecule has 0 aromatic rings. The van der Waals surface area contributed by atoms with Crippen LogP contribution in [0.25, 0.3) is 0 Å². The molecule has 0 heteroatoms. The highest BCUT2D eigenvalue weighted by Gasteiger charge is 2.26. The molecule has 0 heterocycles. The molecule has 0 aromatic heterocycles. The summed E-state index contributed by atoms with van der Waals surface area (Å²) in [6.45, 7) is 32.3. The molecular formula is C28H56. The van der Waals surface area contributed by atoms with E-state index in [1.807, 2.05) is 0 Å². The minimum Gasteiger partial charge on any atom is -0.0884 e. The van der Waals surface area contributed by atoms with Crippen LogP contribution < -0.4 is 0 Å². The van der Waals surface area contributed by atoms with Crippen molar-refractivity contribution in [1.29, 1.82) is 0 Å². The number of rotatable bonds is 8. The Morgan fingerprint density at radius 2 is 1.00 bits per heavy atom. The van der Waals surface area contributed by atoms with Crippen molar-refractivity contribution in [2.45, 2.75) is 135 Å². The monoisotopic (exact) mass is 392 g/mol. The third-order valence-electron chi connectivity index (χ3n) is 5.07. The zero-order valence-corrected chi connectivity index (χ0v) is 22.4. The summed E-state index contributed by atoms with van der Waals surface area (Å²) < 4.78 is 0. The Kier molecular flexibility index (Phi) is 13.0. The van der Waals surface area contributed by atoms with Gasteiger partial charge in [-0.2, -0.15) is 0 Å². The van der Waals surface area contributed by atoms with E-state index < -0.39 is 0 Å². The molecule has 0 spiro atoms. The van der Waals surface area contributed by atoms with Gasteiger partial charge in [-0.25, -0.2) is 0 Å². The summed E-state index contributed by atoms with van der Waals surface area (Å²) in [6.07, 6.45) is 12.2. The molecule has 0 rings (SSSR count). The minimum atomic E-state index is 0.347. The second kappa shape index (κ2) is 12.2. The Hall–Kier alpha value is -0.520. The molecule has 0 aliphatic rings. The van der Waals surface area contributed by atoms with Gasteiger partial charge in [0.25, 0.3) is 0 Å². The van der Waals surface area contributed by atoms with Crippen molar-refractivity contribution in [3.05, 3.63) is 23.3 Å². The fraction of sp³-hybridized carbons (Fsp3) is 0.857. The zero-order valence-electron chi connectivity index (χ0n) is 22.4. The van der Waals surface area contributed by atoms with Crippen LogP contribution >= 0.6 is 0 Å². The number of hydrogen-bond donors (Lipinski definition) is 0. The molecule has 0 aromatic carbocycles. The third kappa shape index (κ3) is 17.6. The smallest absolute Gasteiger partial charge is 0.0167 e. The first-order valence-corrected chi connectivity index (χ1v) is 11.7. The second-order valence-electron chi connectivity index (χ2n) is 12.6. The Bertz CT molecular complexity index is 463. The van der Waals surface area contributed by atoms with Gasteiger partial charge in [0.15, 0.2) is 0 Å². The van der Waals surface area contributed by atoms with E-state index in [-0.39, 0.29) is 0 Å². The quantitative estimate of drug-likeness (QED) is 0.360. The van der Waals surface area contributed by atoms with Gasteiger partial charge in [-0.05, 0) is 67.1 Å². The predicted molar refractivity (Wildman–Crippen MR) is 133 cm³/mol. The van der Waals surface area contributed by atoms with Crippen LogP contribution in [0.5, 0.6) is 0 Å². The van der Waals surface area contributed by atoms with E-state index in [9.17, 15) is 0 Å². The Morgan fingerprint density at radius 1 is 0.607 bits per heavy atom. The van der Waals surface area contributed by atoms with E-state index in [1.165, 1.54) is 38.5 Å². The predicted octanol–water partition coefficient (Wildman–Crippen LogP) is 10.4. The van der Waals surface area contributed by atoms with Gasteiger partial charge in [0.1, 0.15) is 0 Å². The van der Waals surface area contributed by atoms with Crippen molar-refractivity contribution in [1.82, 2.24) is 0 Å². The lowest BCUT2D eigenvalue weighted by Crippen LogP contribution is -2.21. The summed E-state index contributed by atoms with van der Waals surface area (Å²) in [7, 11) is 0. The van der Waals surface area contributed by atoms with Gasteiger partial charge in [-0.3, -0.25) is 0 Å². The van der Waals surface area contributed by atoms with E-state index in [2.05, 4.69) is 109 Å². The topological polar surface area (TPSA) is 0 Å². The van der Waals surface area contributed by atoms with Gasteiger partial charge in [0.2, 0.25) is 0 Å². The first-order chi connectivity index (χ1) is 12.4. The van der Waals surface area contributed by atoms with Crippen molar-refractivity contribution in [2.75, 3.05) is 0 Å². The lowest BCUT2D eigenvalue weighted by Gasteiger charge is -2.33. The normalized spacial score (nSPS) is 13.7. The molecule has 0 fully saturated rings. The lowest BCUT2D eigenvalue weighted by atomic mass is 9.73. The molecule has 0 saturated heterocycles. The van der Waals surface area contributed by atoms with Crippen molar-refractivity contribution in [3.63, 3.8) is 0 Å². The highest BCUT2D eigenvalue weighted by molar-refractivity contribution is 5.07. The fourth-order valence-electron chi connectivity index (χ4n) is 4.97. The highest BCUT2D eigenvalue weighted by atomic mass is 14.3. The van der Waals surface area contributed by atoms with Crippen molar-refractivity contribution in [3.8, 4) is 0 Å². The third-order valence-corrected chi connectivity index (χ3v) is 5.07. The molecule has 0 unspecified atom stereocenters. The van der Waals surface area contributed by atoms with Crippen LogP contribution in [0.15, 0.2) is 23.3 Å². The lowest BCUT2D eigenvalue weighted by molar-refractivity contribution is 0.210. The van der Waals surface area contributed by atoms with E-state index in [0.29, 0.717) is 21.7 Å². The Balaban J connectivity index is 0. The Labute approximate surface area is 180 Å². The van der Waals surface area contributed by atoms with E-state index in [4.69, 9.17) is 0 Å². The molecule has 0 radical (unpaired) electrons. The minimum absolute atomic E-state index is 0.347. The fourth-order valence-corrected chi connectivity index (χ4v) is 4.97. The maximum Gasteiger partial charge on any atom is -0.0167 e. The SMILES string of the molecule is CC=C(CC)CC(C)(C)CC(C)(C)C.CCC(=CC(C)(C)CC(C)(C)C)CC. The maximum atomic E-state index is 2.48. The summed E-state index contributed by atoms with van der Waals surface area (Å²) in [5.74, 6) is 0. The molecule has 0 saturated carbocycles. The van der Waals surface area contributed by atoms with Crippen LogP contribution in [0.3, 0.4) is 0 Å². The van der Waals surface area contributed by atoms with E-state index >= 15 is 0 Å². The molecule has 0 N–H and O–H groups in total. The van der Waals surface area contributed by atoms with Crippen LogP contribution in [0, 0.1) is 21.7 Å².